The summed E-state index contributed by atoms with van der Waals surface area (Å²) in [6.45, 7) is 51.1. The van der Waals surface area contributed by atoms with E-state index >= 15 is 0 Å². The number of rotatable bonds is 10. The van der Waals surface area contributed by atoms with Crippen LogP contribution in [-0.2, 0) is 11.8 Å². The second-order valence-corrected chi connectivity index (χ2v) is 18.6. The van der Waals surface area contributed by atoms with E-state index in [1.807, 2.05) is 27.7 Å². The van der Waals surface area contributed by atoms with Gasteiger partial charge in [-0.1, -0.05) is 166 Å². The van der Waals surface area contributed by atoms with Crippen LogP contribution in [0.2, 0.25) is 0 Å². The van der Waals surface area contributed by atoms with Gasteiger partial charge >= 0.3 is 0 Å². The molecule has 2 nitrogen and oxygen atoms in total. The fourth-order valence-electron chi connectivity index (χ4n) is 10.8. The Morgan fingerprint density at radius 2 is 1.49 bits per heavy atom. The zero-order valence-electron chi connectivity index (χ0n) is 41.5. The first kappa shape index (κ1) is 58.3. The van der Waals surface area contributed by atoms with Crippen molar-refractivity contribution in [2.75, 3.05) is 11.9 Å². The number of allylic oxidation sites excluding steroid dienone is 5. The van der Waals surface area contributed by atoms with Gasteiger partial charge in [-0.25, -0.2) is 0 Å². The average Bonchev–Trinajstić information content (AvgIpc) is 3.21. The molecule has 0 saturated heterocycles. The van der Waals surface area contributed by atoms with E-state index in [4.69, 9.17) is 6.42 Å². The summed E-state index contributed by atoms with van der Waals surface area (Å²) in [5, 5.41) is 6.97. The maximum absolute atomic E-state index is 5.58. The molecule has 4 aliphatic carbocycles. The number of aryl methyl sites for hydroxylation is 1. The van der Waals surface area contributed by atoms with Crippen molar-refractivity contribution < 1.29 is 0 Å². The van der Waals surface area contributed by atoms with Crippen LogP contribution in [-0.4, -0.2) is 12.6 Å². The predicted molar refractivity (Wildman–Crippen MR) is 272 cm³/mol. The highest BCUT2D eigenvalue weighted by Crippen LogP contribution is 2.62. The lowest BCUT2D eigenvalue weighted by Gasteiger charge is -2.58. The van der Waals surface area contributed by atoms with Crippen LogP contribution < -0.4 is 10.6 Å². The van der Waals surface area contributed by atoms with Crippen molar-refractivity contribution in [3.63, 3.8) is 0 Å². The number of anilines is 1. The topological polar surface area (TPSA) is 24.1 Å². The summed E-state index contributed by atoms with van der Waals surface area (Å²) in [5.74, 6) is 5.97. The Labute approximate surface area is 371 Å². The van der Waals surface area contributed by atoms with E-state index < -0.39 is 0 Å². The van der Waals surface area contributed by atoms with Crippen LogP contribution in [0.25, 0.3) is 0 Å². The van der Waals surface area contributed by atoms with Gasteiger partial charge in [-0.05, 0) is 153 Å². The second-order valence-electron chi connectivity index (χ2n) is 18.6. The Kier molecular flexibility index (Phi) is 28.4. The zero-order valence-corrected chi connectivity index (χ0v) is 41.5. The van der Waals surface area contributed by atoms with Gasteiger partial charge in [0, 0.05) is 24.0 Å². The number of benzene rings is 1. The number of hydrogen-bond acceptors (Lipinski definition) is 2. The lowest BCUT2D eigenvalue weighted by atomic mass is 9.45. The van der Waals surface area contributed by atoms with E-state index in [0.29, 0.717) is 22.8 Å². The summed E-state index contributed by atoms with van der Waals surface area (Å²) < 4.78 is 0. The van der Waals surface area contributed by atoms with Gasteiger partial charge in [0.05, 0.1) is 0 Å². The molecular formula is C57H100N2. The summed E-state index contributed by atoms with van der Waals surface area (Å²) in [5.41, 5.74) is 11.7. The van der Waals surface area contributed by atoms with Crippen LogP contribution in [0.5, 0.6) is 0 Å². The van der Waals surface area contributed by atoms with Crippen molar-refractivity contribution in [3.05, 3.63) is 89.7 Å². The molecule has 59 heavy (non-hydrogen) atoms. The van der Waals surface area contributed by atoms with Gasteiger partial charge in [0.25, 0.3) is 0 Å². The van der Waals surface area contributed by atoms with Gasteiger partial charge in [0.2, 0.25) is 0 Å². The molecule has 1 aromatic carbocycles. The molecule has 338 valence electrons. The van der Waals surface area contributed by atoms with Crippen molar-refractivity contribution in [2.24, 2.45) is 34.5 Å². The summed E-state index contributed by atoms with van der Waals surface area (Å²) in [6.07, 6.45) is 25.0. The monoisotopic (exact) mass is 813 g/mol. The van der Waals surface area contributed by atoms with Gasteiger partial charge in [0.15, 0.2) is 0 Å². The van der Waals surface area contributed by atoms with Gasteiger partial charge < -0.3 is 10.6 Å². The molecule has 0 radical (unpaired) electrons. The first-order valence-electron chi connectivity index (χ1n) is 23.8. The molecule has 0 aliphatic heterocycles. The van der Waals surface area contributed by atoms with Crippen LogP contribution in [0, 0.1) is 46.8 Å². The van der Waals surface area contributed by atoms with Gasteiger partial charge in [0.1, 0.15) is 0 Å². The number of fused-ring (bicyclic) bond motifs is 4. The molecule has 5 rings (SSSR count). The van der Waals surface area contributed by atoms with Crippen molar-refractivity contribution >= 4 is 5.69 Å². The molecule has 0 amide bonds. The Bertz CT molecular complexity index is 1480. The molecule has 2 N–H and O–H groups in total. The molecule has 0 bridgehead atoms. The Balaban J connectivity index is 0. The number of nitrogens with one attached hydrogen (secondary N) is 2. The first-order chi connectivity index (χ1) is 27.5. The van der Waals surface area contributed by atoms with E-state index in [2.05, 4.69) is 150 Å². The predicted octanol–water partition coefficient (Wildman–Crippen LogP) is 17.6. The van der Waals surface area contributed by atoms with Crippen molar-refractivity contribution in [1.82, 2.24) is 5.32 Å². The minimum atomic E-state index is 0. The molecule has 0 heterocycles. The number of unbranched alkanes of at least 4 members (excludes halogenated alkanes) is 2. The van der Waals surface area contributed by atoms with Gasteiger partial charge in [-0.2, -0.15) is 0 Å². The largest absolute Gasteiger partial charge is 0.358 e. The standard InChI is InChI=1S/C25H38N2.C20H30.C5H12.2C2H6.C2H4.CH4/c1-17(2)22-9-8-13-24(6)23-15-21(27-19(5)16-26-18(3)4)11-10-20(23)12-14-25(22,24)7;1-7-15(4)13-19-16(5)10-11-18-17(14(2)3)9-8-12-20(18,19)6;1-3-5-4-2;3*1-2;/h10-11,15,18,22,26-27H,1,5,8-9,12-14,16H2,2-4,6-7H3;1,13-14,17-18H,8-12H2,2-6H3;3-5H2,1-2H3;2*1-2H3;1-2H2;1H4/b;15-13+;;;;;. The molecule has 1 aromatic rings. The van der Waals surface area contributed by atoms with Crippen molar-refractivity contribution in [3.8, 4) is 12.3 Å². The average molecular weight is 813 g/mol. The Hall–Kier alpha value is -2.76. The summed E-state index contributed by atoms with van der Waals surface area (Å²) in [7, 11) is 0. The number of terminal acetylenes is 1. The van der Waals surface area contributed by atoms with E-state index in [9.17, 15) is 0 Å². The van der Waals surface area contributed by atoms with Crippen molar-refractivity contribution in [2.45, 2.75) is 213 Å². The van der Waals surface area contributed by atoms with Crippen LogP contribution in [0.3, 0.4) is 0 Å². The smallest absolute Gasteiger partial charge is 0.0385 e. The van der Waals surface area contributed by atoms with Crippen LogP contribution in [0.4, 0.5) is 5.69 Å². The molecule has 0 aromatic heterocycles. The third-order valence-electron chi connectivity index (χ3n) is 14.1. The maximum atomic E-state index is 5.58. The minimum Gasteiger partial charge on any atom is -0.358 e. The highest BCUT2D eigenvalue weighted by molar-refractivity contribution is 5.56. The number of hydrogen-bond donors (Lipinski definition) is 2. The lowest BCUT2D eigenvalue weighted by molar-refractivity contribution is 0.0198. The molecule has 0 spiro atoms. The van der Waals surface area contributed by atoms with E-state index in [1.54, 1.807) is 16.7 Å². The van der Waals surface area contributed by atoms with E-state index in [1.165, 1.54) is 100 Å². The molecule has 4 aliphatic rings. The fraction of sp³-hybridized carbons (Fsp3) is 0.684. The van der Waals surface area contributed by atoms with Crippen LogP contribution in [0.1, 0.15) is 206 Å². The molecule has 2 heteroatoms. The second kappa shape index (κ2) is 28.7. The lowest BCUT2D eigenvalue weighted by Crippen LogP contribution is -2.52. The third kappa shape index (κ3) is 15.3. The highest BCUT2D eigenvalue weighted by atomic mass is 15.0. The van der Waals surface area contributed by atoms with Gasteiger partial charge in [-0.15, -0.1) is 19.6 Å². The normalized spacial score (nSPS) is 26.5. The molecule has 6 unspecified atom stereocenters. The molecule has 2 saturated carbocycles. The highest BCUT2D eigenvalue weighted by Gasteiger charge is 2.55. The maximum Gasteiger partial charge on any atom is 0.0385 e. The quantitative estimate of drug-likeness (QED) is 0.182. The molecule has 6 atom stereocenters. The molecule has 2 fully saturated rings. The minimum absolute atomic E-state index is 0. The summed E-state index contributed by atoms with van der Waals surface area (Å²) >= 11 is 0. The van der Waals surface area contributed by atoms with Gasteiger partial charge in [-0.3, -0.25) is 0 Å². The molecular weight excluding hydrogens is 713 g/mol. The van der Waals surface area contributed by atoms with Crippen LogP contribution >= 0.6 is 0 Å². The summed E-state index contributed by atoms with van der Waals surface area (Å²) in [4.78, 5) is 0. The SMILES string of the molecule is C.C#C/C(C)=C/C1=C(C)CCC2C(C(C)C)CCCC12C.C=C.C=C(CNC(C)C)Nc1ccc2c(c1)C1(C)CCCC(C(=C)C)C1(C)CC2.CC.CC.CCCCC. The fourth-order valence-corrected chi connectivity index (χ4v) is 10.8. The zero-order chi connectivity index (χ0) is 44.9. The van der Waals surface area contributed by atoms with Crippen LogP contribution in [0.15, 0.2) is 78.6 Å². The Morgan fingerprint density at radius 3 is 2.00 bits per heavy atom. The summed E-state index contributed by atoms with van der Waals surface area (Å²) in [6, 6.07) is 7.45. The van der Waals surface area contributed by atoms with E-state index in [0.717, 1.165) is 35.6 Å². The van der Waals surface area contributed by atoms with E-state index in [-0.39, 0.29) is 12.8 Å². The Morgan fingerprint density at radius 1 is 0.898 bits per heavy atom. The first-order valence-corrected chi connectivity index (χ1v) is 23.8. The van der Waals surface area contributed by atoms with Crippen molar-refractivity contribution in [1.29, 1.82) is 0 Å². The third-order valence-corrected chi connectivity index (χ3v) is 14.1.